The first kappa shape index (κ1) is 18.4. The molecule has 0 aliphatic carbocycles. The van der Waals surface area contributed by atoms with Crippen LogP contribution in [0, 0.1) is 0 Å². The monoisotopic (exact) mass is 393 g/mol. The summed E-state index contributed by atoms with van der Waals surface area (Å²) in [5, 5.41) is 21.9. The summed E-state index contributed by atoms with van der Waals surface area (Å²) in [6.45, 7) is 1.01. The molecule has 3 atom stereocenters. The van der Waals surface area contributed by atoms with E-state index in [1.54, 1.807) is 11.0 Å². The molecule has 0 radical (unpaired) electrons. The molecule has 5 rings (SSSR count). The number of nitrogens with zero attached hydrogens (tertiary/aromatic N) is 1. The minimum absolute atomic E-state index is 0.0924. The zero-order chi connectivity index (χ0) is 20.0. The molecule has 2 aromatic carbocycles. The highest BCUT2D eigenvalue weighted by Crippen LogP contribution is 2.36. The van der Waals surface area contributed by atoms with Gasteiger partial charge in [-0.05, 0) is 29.3 Å². The summed E-state index contributed by atoms with van der Waals surface area (Å²) in [5.74, 6) is 0.769. The highest BCUT2D eigenvalue weighted by atomic mass is 16.5. The van der Waals surface area contributed by atoms with Crippen LogP contribution < -0.4 is 0 Å². The average molecular weight is 393 g/mol. The summed E-state index contributed by atoms with van der Waals surface area (Å²) in [5.41, 5.74) is 0.368. The minimum Gasteiger partial charge on any atom is -0.451 e. The van der Waals surface area contributed by atoms with E-state index in [2.05, 4.69) is 0 Å². The van der Waals surface area contributed by atoms with Gasteiger partial charge in [0.05, 0.1) is 24.9 Å². The maximum atomic E-state index is 13.0. The predicted molar refractivity (Wildman–Crippen MR) is 107 cm³/mol. The number of carbonyl (C=O) groups is 1. The molecule has 6 nitrogen and oxygen atoms in total. The van der Waals surface area contributed by atoms with Gasteiger partial charge >= 0.3 is 0 Å². The molecule has 150 valence electrons. The molecule has 1 unspecified atom stereocenters. The van der Waals surface area contributed by atoms with Gasteiger partial charge in [-0.1, -0.05) is 42.5 Å². The Morgan fingerprint density at radius 2 is 1.86 bits per heavy atom. The fraction of sp³-hybridized carbons (Fsp3) is 0.348. The Morgan fingerprint density at radius 1 is 1.03 bits per heavy atom. The summed E-state index contributed by atoms with van der Waals surface area (Å²) >= 11 is 0. The Hall–Kier alpha value is -2.67. The Labute approximate surface area is 168 Å². The molecular formula is C23H23NO5. The zero-order valence-electron chi connectivity index (χ0n) is 16.0. The Bertz CT molecular complexity index is 1050. The molecule has 1 spiro atoms. The van der Waals surface area contributed by atoms with E-state index in [0.29, 0.717) is 37.5 Å². The normalized spacial score (nSPS) is 27.0. The molecule has 0 saturated carbocycles. The lowest BCUT2D eigenvalue weighted by atomic mass is 9.90. The van der Waals surface area contributed by atoms with E-state index in [1.807, 2.05) is 48.5 Å². The predicted octanol–water partition coefficient (Wildman–Crippen LogP) is 2.83. The third-order valence-corrected chi connectivity index (χ3v) is 6.06. The van der Waals surface area contributed by atoms with Crippen molar-refractivity contribution in [2.45, 2.75) is 30.7 Å². The molecule has 1 amide bonds. The second kappa shape index (κ2) is 6.99. The van der Waals surface area contributed by atoms with Crippen LogP contribution in [0.5, 0.6) is 0 Å². The van der Waals surface area contributed by atoms with Gasteiger partial charge in [-0.15, -0.1) is 0 Å². The van der Waals surface area contributed by atoms with Gasteiger partial charge in [0.25, 0.3) is 5.91 Å². The first-order valence-corrected chi connectivity index (χ1v) is 9.92. The molecule has 2 N–H and O–H groups in total. The van der Waals surface area contributed by atoms with Gasteiger partial charge in [0.1, 0.15) is 11.9 Å². The molecule has 1 aromatic heterocycles. The molecule has 3 aromatic rings. The summed E-state index contributed by atoms with van der Waals surface area (Å²) in [6, 6.07) is 17.6. The van der Waals surface area contributed by atoms with E-state index in [-0.39, 0.29) is 12.5 Å². The second-order valence-corrected chi connectivity index (χ2v) is 8.00. The summed E-state index contributed by atoms with van der Waals surface area (Å²) in [4.78, 5) is 14.7. The fourth-order valence-corrected chi connectivity index (χ4v) is 4.45. The van der Waals surface area contributed by atoms with Gasteiger partial charge < -0.3 is 24.3 Å². The Kier molecular flexibility index (Phi) is 4.42. The highest BCUT2D eigenvalue weighted by molar-refractivity contribution is 5.97. The topological polar surface area (TPSA) is 83.1 Å². The van der Waals surface area contributed by atoms with Crippen LogP contribution in [0.4, 0.5) is 0 Å². The molecule has 6 heteroatoms. The van der Waals surface area contributed by atoms with Crippen molar-refractivity contribution >= 4 is 16.7 Å². The minimum atomic E-state index is -0.862. The number of hydrogen-bond donors (Lipinski definition) is 2. The lowest BCUT2D eigenvalue weighted by Crippen LogP contribution is -2.51. The lowest BCUT2D eigenvalue weighted by molar-refractivity contribution is -0.165. The quantitative estimate of drug-likeness (QED) is 0.700. The number of ether oxygens (including phenoxy) is 1. The second-order valence-electron chi connectivity index (χ2n) is 8.00. The van der Waals surface area contributed by atoms with Crippen molar-refractivity contribution in [1.82, 2.24) is 4.90 Å². The number of benzene rings is 2. The molecule has 2 aliphatic heterocycles. The third kappa shape index (κ3) is 3.23. The van der Waals surface area contributed by atoms with Crippen molar-refractivity contribution in [1.29, 1.82) is 0 Å². The van der Waals surface area contributed by atoms with Gasteiger partial charge in [0.2, 0.25) is 0 Å². The molecular weight excluding hydrogens is 370 g/mol. The van der Waals surface area contributed by atoms with Crippen LogP contribution in [0.3, 0.4) is 0 Å². The molecule has 2 fully saturated rings. The average Bonchev–Trinajstić information content (AvgIpc) is 3.38. The van der Waals surface area contributed by atoms with Crippen LogP contribution >= 0.6 is 0 Å². The molecule has 3 heterocycles. The van der Waals surface area contributed by atoms with Crippen molar-refractivity contribution in [3.63, 3.8) is 0 Å². The first-order valence-electron chi connectivity index (χ1n) is 9.92. The van der Waals surface area contributed by atoms with Crippen molar-refractivity contribution in [2.24, 2.45) is 0 Å². The number of rotatable bonds is 2. The molecule has 2 saturated heterocycles. The van der Waals surface area contributed by atoms with Crippen molar-refractivity contribution < 1.29 is 24.2 Å². The third-order valence-electron chi connectivity index (χ3n) is 6.06. The van der Waals surface area contributed by atoms with Crippen molar-refractivity contribution in [2.75, 3.05) is 19.7 Å². The van der Waals surface area contributed by atoms with Crippen LogP contribution in [0.15, 0.2) is 59.0 Å². The van der Waals surface area contributed by atoms with Crippen LogP contribution in [0.2, 0.25) is 0 Å². The van der Waals surface area contributed by atoms with Gasteiger partial charge in [-0.25, -0.2) is 0 Å². The number of aliphatic hydroxyl groups is 2. The fourth-order valence-electron chi connectivity index (χ4n) is 4.45. The molecule has 29 heavy (non-hydrogen) atoms. The van der Waals surface area contributed by atoms with E-state index in [9.17, 15) is 15.0 Å². The van der Waals surface area contributed by atoms with Crippen LogP contribution in [0.25, 0.3) is 22.1 Å². The smallest absolute Gasteiger partial charge is 0.289 e. The number of hydrogen-bond acceptors (Lipinski definition) is 5. The van der Waals surface area contributed by atoms with Gasteiger partial charge in [0, 0.05) is 18.5 Å². The van der Waals surface area contributed by atoms with Gasteiger partial charge in [-0.3, -0.25) is 4.79 Å². The van der Waals surface area contributed by atoms with Crippen LogP contribution in [-0.4, -0.2) is 58.5 Å². The number of furan rings is 1. The van der Waals surface area contributed by atoms with E-state index in [4.69, 9.17) is 9.15 Å². The number of fused-ring (bicyclic) bond motifs is 1. The Morgan fingerprint density at radius 3 is 2.72 bits per heavy atom. The van der Waals surface area contributed by atoms with Crippen LogP contribution in [0.1, 0.15) is 23.4 Å². The lowest BCUT2D eigenvalue weighted by Gasteiger charge is -2.38. The zero-order valence-corrected chi connectivity index (χ0v) is 16.0. The van der Waals surface area contributed by atoms with E-state index < -0.39 is 17.8 Å². The van der Waals surface area contributed by atoms with Crippen LogP contribution in [-0.2, 0) is 4.74 Å². The maximum Gasteiger partial charge on any atom is 0.289 e. The molecule has 2 aliphatic rings. The summed E-state index contributed by atoms with van der Waals surface area (Å²) in [7, 11) is 0. The SMILES string of the molecule is O=C(c1ccc(-c2cccc3ccccc23)o1)N1CCC2(C[C@H](O)[C@H](O)CO2)C1. The number of carbonyl (C=O) groups excluding carboxylic acids is 1. The number of amides is 1. The van der Waals surface area contributed by atoms with Crippen molar-refractivity contribution in [3.8, 4) is 11.3 Å². The van der Waals surface area contributed by atoms with Gasteiger partial charge in [0.15, 0.2) is 5.76 Å². The summed E-state index contributed by atoms with van der Waals surface area (Å²) < 4.78 is 11.8. The first-order chi connectivity index (χ1) is 14.0. The largest absolute Gasteiger partial charge is 0.451 e. The van der Waals surface area contributed by atoms with E-state index >= 15 is 0 Å². The van der Waals surface area contributed by atoms with E-state index in [0.717, 1.165) is 16.3 Å². The summed E-state index contributed by atoms with van der Waals surface area (Å²) in [6.07, 6.45) is -0.712. The molecule has 0 bridgehead atoms. The number of aliphatic hydroxyl groups excluding tert-OH is 2. The Balaban J connectivity index is 1.37. The standard InChI is InChI=1S/C23H23NO5/c25-18-12-23(28-13-19(18)26)10-11-24(14-23)22(27)21-9-8-20(29-21)17-7-3-5-15-4-1-2-6-16(15)17/h1-9,18-19,25-26H,10-14H2/t18-,19+,23?/m0/s1. The number of likely N-dealkylation sites (tertiary alicyclic amines) is 1. The highest BCUT2D eigenvalue weighted by Gasteiger charge is 2.47. The van der Waals surface area contributed by atoms with E-state index in [1.165, 1.54) is 0 Å². The van der Waals surface area contributed by atoms with Crippen molar-refractivity contribution in [3.05, 3.63) is 60.4 Å². The maximum absolute atomic E-state index is 13.0. The van der Waals surface area contributed by atoms with Gasteiger partial charge in [-0.2, -0.15) is 0 Å².